The van der Waals surface area contributed by atoms with E-state index in [1.54, 1.807) is 0 Å². The van der Waals surface area contributed by atoms with Crippen molar-refractivity contribution >= 4 is 35.3 Å². The zero-order chi connectivity index (χ0) is 9.97. The fourth-order valence-electron chi connectivity index (χ4n) is 1.36. The molecule has 1 aliphatic rings. The Morgan fingerprint density at radius 2 is 2.14 bits per heavy atom. The summed E-state index contributed by atoms with van der Waals surface area (Å²) >= 11 is -1.43. The summed E-state index contributed by atoms with van der Waals surface area (Å²) in [5.41, 5.74) is 2.37. The molecule has 1 aromatic carbocycles. The standard InChI is InChI=1S/C10H12AsClN2/c1-2-9-8-11(12)14(13-9)10-6-4-3-5-7-10/h3-7H,2,8H2,1H3. The number of rotatable bonds is 2. The molecule has 0 saturated heterocycles. The third kappa shape index (κ3) is 1.96. The Kier molecular flexibility index (Phi) is 3.15. The molecule has 1 unspecified atom stereocenters. The molecule has 0 amide bonds. The van der Waals surface area contributed by atoms with Crippen LogP contribution < -0.4 is 3.93 Å². The number of hydrogen-bond donors (Lipinski definition) is 0. The molecular formula is C10H12AsClN2. The Balaban J connectivity index is 2.23. The van der Waals surface area contributed by atoms with Gasteiger partial charge in [-0.3, -0.25) is 0 Å². The van der Waals surface area contributed by atoms with Gasteiger partial charge in [0.25, 0.3) is 0 Å². The molecule has 0 saturated carbocycles. The van der Waals surface area contributed by atoms with Gasteiger partial charge in [0.05, 0.1) is 0 Å². The van der Waals surface area contributed by atoms with Crippen LogP contribution in [0.2, 0.25) is 5.21 Å². The van der Waals surface area contributed by atoms with E-state index in [2.05, 4.69) is 24.2 Å². The fourth-order valence-corrected chi connectivity index (χ4v) is 5.49. The second-order valence-electron chi connectivity index (χ2n) is 3.14. The van der Waals surface area contributed by atoms with Gasteiger partial charge in [-0.05, 0) is 0 Å². The van der Waals surface area contributed by atoms with Gasteiger partial charge in [-0.25, -0.2) is 0 Å². The van der Waals surface area contributed by atoms with E-state index in [9.17, 15) is 0 Å². The van der Waals surface area contributed by atoms with Crippen LogP contribution in [0.5, 0.6) is 0 Å². The average molecular weight is 271 g/mol. The third-order valence-electron chi connectivity index (χ3n) is 2.15. The van der Waals surface area contributed by atoms with Crippen molar-refractivity contribution in [1.82, 2.24) is 0 Å². The summed E-state index contributed by atoms with van der Waals surface area (Å²) in [5, 5.41) is 5.55. The van der Waals surface area contributed by atoms with E-state index in [1.165, 1.54) is 5.71 Å². The SMILES string of the molecule is CCC1=NN(c2ccccc2)[As](Cl)C1. The molecule has 1 aliphatic heterocycles. The molecule has 2 nitrogen and oxygen atoms in total. The van der Waals surface area contributed by atoms with E-state index in [1.807, 2.05) is 22.1 Å². The van der Waals surface area contributed by atoms with E-state index >= 15 is 0 Å². The van der Waals surface area contributed by atoms with Gasteiger partial charge in [-0.2, -0.15) is 0 Å². The molecule has 0 spiro atoms. The van der Waals surface area contributed by atoms with Crippen LogP contribution in [0.25, 0.3) is 0 Å². The molecule has 74 valence electrons. The van der Waals surface area contributed by atoms with Crippen molar-refractivity contribution in [3.63, 3.8) is 0 Å². The van der Waals surface area contributed by atoms with Gasteiger partial charge in [-0.1, -0.05) is 0 Å². The Hall–Kier alpha value is -0.462. The van der Waals surface area contributed by atoms with Crippen LogP contribution >= 0.6 is 9.95 Å². The Bertz CT molecular complexity index is 339. The number of anilines is 1. The van der Waals surface area contributed by atoms with Crippen molar-refractivity contribution in [2.45, 2.75) is 18.6 Å². The summed E-state index contributed by atoms with van der Waals surface area (Å²) in [6.07, 6.45) is 1.02. The predicted octanol–water partition coefficient (Wildman–Crippen LogP) is 3.00. The van der Waals surface area contributed by atoms with Crippen LogP contribution in [0, 0.1) is 0 Å². The first-order valence-corrected chi connectivity index (χ1v) is 9.29. The first-order chi connectivity index (χ1) is 6.81. The van der Waals surface area contributed by atoms with Crippen LogP contribution in [0.4, 0.5) is 5.69 Å². The van der Waals surface area contributed by atoms with Gasteiger partial charge in [0.1, 0.15) is 0 Å². The van der Waals surface area contributed by atoms with E-state index in [0.717, 1.165) is 17.3 Å². The molecule has 1 aromatic rings. The van der Waals surface area contributed by atoms with Crippen LogP contribution in [0.1, 0.15) is 13.3 Å². The number of nitrogens with zero attached hydrogens (tertiary/aromatic N) is 2. The van der Waals surface area contributed by atoms with Gasteiger partial charge in [0.2, 0.25) is 0 Å². The molecule has 14 heavy (non-hydrogen) atoms. The first-order valence-electron chi connectivity index (χ1n) is 4.66. The molecule has 0 aliphatic carbocycles. The summed E-state index contributed by atoms with van der Waals surface area (Å²) in [7, 11) is 6.34. The summed E-state index contributed by atoms with van der Waals surface area (Å²) in [6.45, 7) is 2.13. The van der Waals surface area contributed by atoms with Crippen LogP contribution in [-0.4, -0.2) is 19.6 Å². The summed E-state index contributed by atoms with van der Waals surface area (Å²) < 4.78 is 2.04. The molecule has 1 heterocycles. The third-order valence-corrected chi connectivity index (χ3v) is 6.36. The Labute approximate surface area is 93.2 Å². The van der Waals surface area contributed by atoms with Gasteiger partial charge in [0.15, 0.2) is 0 Å². The van der Waals surface area contributed by atoms with E-state index in [-0.39, 0.29) is 0 Å². The molecule has 2 rings (SSSR count). The van der Waals surface area contributed by atoms with Crippen LogP contribution in [-0.2, 0) is 0 Å². The van der Waals surface area contributed by atoms with E-state index < -0.39 is 13.9 Å². The molecule has 0 fully saturated rings. The van der Waals surface area contributed by atoms with Gasteiger partial charge < -0.3 is 0 Å². The van der Waals surface area contributed by atoms with Gasteiger partial charge in [0, 0.05) is 0 Å². The van der Waals surface area contributed by atoms with Crippen molar-refractivity contribution in [3.05, 3.63) is 30.3 Å². The first kappa shape index (κ1) is 10.1. The molecule has 0 aromatic heterocycles. The van der Waals surface area contributed by atoms with Gasteiger partial charge in [-0.15, -0.1) is 0 Å². The second kappa shape index (κ2) is 4.37. The maximum absolute atomic E-state index is 6.34. The minimum absolute atomic E-state index is 1.01. The van der Waals surface area contributed by atoms with E-state index in [0.29, 0.717) is 0 Å². The van der Waals surface area contributed by atoms with Crippen molar-refractivity contribution in [3.8, 4) is 0 Å². The Morgan fingerprint density at radius 3 is 2.71 bits per heavy atom. The molecule has 0 radical (unpaired) electrons. The minimum atomic E-state index is -1.43. The van der Waals surface area contributed by atoms with E-state index in [4.69, 9.17) is 9.95 Å². The predicted molar refractivity (Wildman–Crippen MR) is 63.1 cm³/mol. The molecule has 0 bridgehead atoms. The number of benzene rings is 1. The molecule has 0 N–H and O–H groups in total. The molecule has 4 heteroatoms. The number of hydrogen-bond acceptors (Lipinski definition) is 2. The monoisotopic (exact) mass is 270 g/mol. The zero-order valence-corrected chi connectivity index (χ0v) is 10.7. The maximum atomic E-state index is 6.34. The van der Waals surface area contributed by atoms with Crippen molar-refractivity contribution in [1.29, 1.82) is 0 Å². The summed E-state index contributed by atoms with van der Waals surface area (Å²) in [5.74, 6) is 0. The topological polar surface area (TPSA) is 15.6 Å². The molecule has 1 atom stereocenters. The quantitative estimate of drug-likeness (QED) is 0.754. The number of para-hydroxylation sites is 1. The fraction of sp³-hybridized carbons (Fsp3) is 0.300. The average Bonchev–Trinajstić information content (AvgIpc) is 2.61. The zero-order valence-electron chi connectivity index (χ0n) is 8.02. The second-order valence-corrected chi connectivity index (χ2v) is 8.04. The summed E-state index contributed by atoms with van der Waals surface area (Å²) in [6, 6.07) is 10.2. The summed E-state index contributed by atoms with van der Waals surface area (Å²) in [4.78, 5) is 0. The number of hydrazone groups is 1. The Morgan fingerprint density at radius 1 is 1.43 bits per heavy atom. The van der Waals surface area contributed by atoms with Gasteiger partial charge >= 0.3 is 93.2 Å². The normalized spacial score (nSPS) is 21.1. The van der Waals surface area contributed by atoms with Crippen LogP contribution in [0.15, 0.2) is 35.4 Å². The van der Waals surface area contributed by atoms with Crippen LogP contribution in [0.3, 0.4) is 0 Å². The number of halogens is 1. The van der Waals surface area contributed by atoms with Crippen molar-refractivity contribution in [2.24, 2.45) is 5.10 Å². The molecular weight excluding hydrogens is 258 g/mol. The van der Waals surface area contributed by atoms with Crippen molar-refractivity contribution < 1.29 is 0 Å². The van der Waals surface area contributed by atoms with Crippen molar-refractivity contribution in [2.75, 3.05) is 3.93 Å².